The number of nitrogens with two attached hydrogens (primary N) is 2. The van der Waals surface area contributed by atoms with Gasteiger partial charge in [-0.05, 0) is 44.0 Å². The van der Waals surface area contributed by atoms with Crippen LogP contribution in [0.3, 0.4) is 0 Å². The molecule has 0 radical (unpaired) electrons. The molecule has 0 unspecified atom stereocenters. The molecule has 1 fully saturated rings. The van der Waals surface area contributed by atoms with Gasteiger partial charge in [-0.3, -0.25) is 0 Å². The summed E-state index contributed by atoms with van der Waals surface area (Å²) in [6.07, 6.45) is -3.12. The highest BCUT2D eigenvalue weighted by Crippen LogP contribution is 2.34. The molecule has 1 aromatic heterocycles. The third-order valence-electron chi connectivity index (χ3n) is 5.03. The van der Waals surface area contributed by atoms with Crippen molar-refractivity contribution in [2.24, 2.45) is 5.92 Å². The maximum absolute atomic E-state index is 12.8. The molecule has 2 heterocycles. The van der Waals surface area contributed by atoms with Crippen LogP contribution in [0.25, 0.3) is 11.3 Å². The summed E-state index contributed by atoms with van der Waals surface area (Å²) in [5.74, 6) is -1.17. The van der Waals surface area contributed by atoms with Gasteiger partial charge in [-0.1, -0.05) is 18.2 Å². The summed E-state index contributed by atoms with van der Waals surface area (Å²) >= 11 is 0. The van der Waals surface area contributed by atoms with Gasteiger partial charge < -0.3 is 16.4 Å². The Balaban J connectivity index is 1.68. The first-order chi connectivity index (χ1) is 13.3. The second-order valence-corrected chi connectivity index (χ2v) is 6.91. The van der Waals surface area contributed by atoms with E-state index in [0.29, 0.717) is 37.3 Å². The highest BCUT2D eigenvalue weighted by atomic mass is 19.4. The predicted molar refractivity (Wildman–Crippen MR) is 99.9 cm³/mol. The van der Waals surface area contributed by atoms with Crippen molar-refractivity contribution in [2.75, 3.05) is 31.1 Å². The molecule has 0 atom stereocenters. The van der Waals surface area contributed by atoms with Crippen LogP contribution in [0.1, 0.15) is 24.0 Å². The van der Waals surface area contributed by atoms with Crippen molar-refractivity contribution in [1.82, 2.24) is 14.9 Å². The summed E-state index contributed by atoms with van der Waals surface area (Å²) < 4.78 is 38.3. The van der Waals surface area contributed by atoms with Crippen molar-refractivity contribution in [1.29, 1.82) is 5.26 Å². The zero-order chi connectivity index (χ0) is 20.3. The fraction of sp³-hybridized carbons (Fsp3) is 0.421. The molecule has 28 heavy (non-hydrogen) atoms. The highest BCUT2D eigenvalue weighted by molar-refractivity contribution is 5.73. The van der Waals surface area contributed by atoms with Gasteiger partial charge in [0.05, 0.1) is 11.6 Å². The van der Waals surface area contributed by atoms with E-state index in [1.54, 1.807) is 6.07 Å². The largest absolute Gasteiger partial charge is 0.391 e. The summed E-state index contributed by atoms with van der Waals surface area (Å²) in [4.78, 5) is 10.0. The molecule has 4 N–H and O–H groups in total. The van der Waals surface area contributed by atoms with Crippen LogP contribution in [-0.2, 0) is 6.42 Å². The van der Waals surface area contributed by atoms with Crippen molar-refractivity contribution in [3.63, 3.8) is 0 Å². The third kappa shape index (κ3) is 4.51. The average molecular weight is 390 g/mol. The Labute approximate surface area is 161 Å². The number of piperidine rings is 1. The highest BCUT2D eigenvalue weighted by Gasteiger charge is 2.40. The van der Waals surface area contributed by atoms with Crippen LogP contribution in [-0.4, -0.2) is 40.7 Å². The summed E-state index contributed by atoms with van der Waals surface area (Å²) in [5, 5.41) is 9.34. The van der Waals surface area contributed by atoms with E-state index in [0.717, 1.165) is 5.56 Å². The number of rotatable bonds is 4. The van der Waals surface area contributed by atoms with Gasteiger partial charge in [0, 0.05) is 12.1 Å². The number of halogens is 3. The second kappa shape index (κ2) is 8.02. The Morgan fingerprint density at radius 3 is 2.54 bits per heavy atom. The molecule has 0 saturated carbocycles. The van der Waals surface area contributed by atoms with E-state index in [4.69, 9.17) is 11.5 Å². The lowest BCUT2D eigenvalue weighted by molar-refractivity contribution is -0.185. The van der Waals surface area contributed by atoms with Gasteiger partial charge >= 0.3 is 6.18 Å². The van der Waals surface area contributed by atoms with Crippen molar-refractivity contribution in [2.45, 2.75) is 25.4 Å². The molecule has 1 aliphatic heterocycles. The standard InChI is InChI=1S/C19H21F3N6/c20-19(21,22)14-5-8-28(9-6-14)7-4-12-2-1-3-13(10-12)16-15(11-23)17(24)27-18(25)26-16/h1-3,10,14H,4-9H2,(H4,24,25,26,27). The van der Waals surface area contributed by atoms with E-state index >= 15 is 0 Å². The number of alkyl halides is 3. The van der Waals surface area contributed by atoms with E-state index in [-0.39, 0.29) is 30.2 Å². The van der Waals surface area contributed by atoms with E-state index < -0.39 is 12.1 Å². The molecule has 0 amide bonds. The number of hydrogen-bond acceptors (Lipinski definition) is 6. The maximum atomic E-state index is 12.8. The summed E-state index contributed by atoms with van der Waals surface area (Å²) in [6.45, 7) is 1.57. The number of anilines is 2. The Bertz CT molecular complexity index is 882. The van der Waals surface area contributed by atoms with E-state index in [1.807, 2.05) is 24.3 Å². The second-order valence-electron chi connectivity index (χ2n) is 6.91. The number of nitrogens with zero attached hydrogens (tertiary/aromatic N) is 4. The number of aromatic nitrogens is 2. The first kappa shape index (κ1) is 19.9. The van der Waals surface area contributed by atoms with Gasteiger partial charge in [-0.25, -0.2) is 4.98 Å². The summed E-state index contributed by atoms with van der Waals surface area (Å²) in [7, 11) is 0. The van der Waals surface area contributed by atoms with E-state index in [2.05, 4.69) is 14.9 Å². The molecule has 9 heteroatoms. The Kier molecular flexibility index (Phi) is 5.70. The van der Waals surface area contributed by atoms with Crippen LogP contribution in [0.4, 0.5) is 24.9 Å². The quantitative estimate of drug-likeness (QED) is 0.832. The van der Waals surface area contributed by atoms with Gasteiger partial charge in [0.2, 0.25) is 5.95 Å². The predicted octanol–water partition coefficient (Wildman–Crippen LogP) is 3.00. The van der Waals surface area contributed by atoms with Crippen LogP contribution in [0.5, 0.6) is 0 Å². The fourth-order valence-corrected chi connectivity index (χ4v) is 3.46. The van der Waals surface area contributed by atoms with Crippen molar-refractivity contribution in [3.8, 4) is 17.3 Å². The SMILES string of the molecule is N#Cc1c(N)nc(N)nc1-c1cccc(CCN2CCC(C(F)(F)F)CC2)c1. The first-order valence-electron chi connectivity index (χ1n) is 8.99. The van der Waals surface area contributed by atoms with Gasteiger partial charge in [-0.15, -0.1) is 0 Å². The van der Waals surface area contributed by atoms with Crippen LogP contribution >= 0.6 is 0 Å². The zero-order valence-corrected chi connectivity index (χ0v) is 15.2. The van der Waals surface area contributed by atoms with Crippen LogP contribution in [0.15, 0.2) is 24.3 Å². The van der Waals surface area contributed by atoms with E-state index in [1.165, 1.54) is 0 Å². The lowest BCUT2D eigenvalue weighted by atomic mass is 9.96. The van der Waals surface area contributed by atoms with Crippen molar-refractivity contribution in [3.05, 3.63) is 35.4 Å². The van der Waals surface area contributed by atoms with Crippen LogP contribution in [0, 0.1) is 17.2 Å². The van der Waals surface area contributed by atoms with Gasteiger partial charge in [0.25, 0.3) is 0 Å². The number of nitriles is 1. The molecule has 0 spiro atoms. The average Bonchev–Trinajstić information content (AvgIpc) is 2.66. The summed E-state index contributed by atoms with van der Waals surface area (Å²) in [5.41, 5.74) is 13.7. The molecule has 1 aromatic carbocycles. The van der Waals surface area contributed by atoms with Gasteiger partial charge in [-0.2, -0.15) is 23.4 Å². The normalized spacial score (nSPS) is 16.1. The number of hydrogen-bond donors (Lipinski definition) is 2. The Morgan fingerprint density at radius 2 is 1.89 bits per heavy atom. The maximum Gasteiger partial charge on any atom is 0.391 e. The Morgan fingerprint density at radius 1 is 1.18 bits per heavy atom. The number of benzene rings is 1. The first-order valence-corrected chi connectivity index (χ1v) is 8.99. The van der Waals surface area contributed by atoms with Crippen LogP contribution < -0.4 is 11.5 Å². The smallest absolute Gasteiger partial charge is 0.382 e. The molecule has 3 rings (SSSR count). The lowest BCUT2D eigenvalue weighted by Gasteiger charge is -2.32. The minimum absolute atomic E-state index is 0.00978. The van der Waals surface area contributed by atoms with Gasteiger partial charge in [0.1, 0.15) is 17.5 Å². The molecular weight excluding hydrogens is 369 g/mol. The zero-order valence-electron chi connectivity index (χ0n) is 15.2. The number of nitrogen functional groups attached to an aromatic ring is 2. The van der Waals surface area contributed by atoms with Gasteiger partial charge in [0.15, 0.2) is 0 Å². The molecule has 148 valence electrons. The monoisotopic (exact) mass is 390 g/mol. The van der Waals surface area contributed by atoms with Crippen molar-refractivity contribution < 1.29 is 13.2 Å². The van der Waals surface area contributed by atoms with Crippen molar-refractivity contribution >= 4 is 11.8 Å². The lowest BCUT2D eigenvalue weighted by Crippen LogP contribution is -2.39. The molecule has 0 aliphatic carbocycles. The fourth-order valence-electron chi connectivity index (χ4n) is 3.46. The minimum Gasteiger partial charge on any atom is -0.382 e. The van der Waals surface area contributed by atoms with E-state index in [9.17, 15) is 18.4 Å². The summed E-state index contributed by atoms with van der Waals surface area (Å²) in [6, 6.07) is 9.48. The van der Waals surface area contributed by atoms with Crippen LogP contribution in [0.2, 0.25) is 0 Å². The third-order valence-corrected chi connectivity index (χ3v) is 5.03. The topological polar surface area (TPSA) is 105 Å². The molecule has 1 aliphatic rings. The molecular formula is C19H21F3N6. The molecule has 2 aromatic rings. The minimum atomic E-state index is -4.10. The molecule has 6 nitrogen and oxygen atoms in total. The molecule has 0 bridgehead atoms. The Hall–Kier alpha value is -2.86. The number of likely N-dealkylation sites (tertiary alicyclic amines) is 1. The molecule has 1 saturated heterocycles.